The van der Waals surface area contributed by atoms with Crippen molar-refractivity contribution in [3.8, 4) is 16.4 Å². The number of nitrogen functional groups attached to an aromatic ring is 1. The van der Waals surface area contributed by atoms with Crippen molar-refractivity contribution < 1.29 is 9.53 Å². The van der Waals surface area contributed by atoms with Gasteiger partial charge >= 0.3 is 0 Å². The van der Waals surface area contributed by atoms with Gasteiger partial charge in [0, 0.05) is 24.7 Å². The molecule has 10 heteroatoms. The molecule has 3 N–H and O–H groups in total. The number of nitrogens with one attached hydrogen (secondary N) is 1. The number of thiophene rings is 1. The van der Waals surface area contributed by atoms with Crippen molar-refractivity contribution in [2.75, 3.05) is 24.6 Å². The molecule has 1 saturated heterocycles. The van der Waals surface area contributed by atoms with Crippen LogP contribution in [0.2, 0.25) is 0 Å². The highest BCUT2D eigenvalue weighted by Gasteiger charge is 2.23. The maximum atomic E-state index is 12.5. The van der Waals surface area contributed by atoms with Crippen LogP contribution < -0.4 is 11.1 Å². The van der Waals surface area contributed by atoms with E-state index in [-0.39, 0.29) is 17.8 Å². The van der Waals surface area contributed by atoms with Crippen LogP contribution in [-0.2, 0) is 9.53 Å². The predicted octanol–water partition coefficient (Wildman–Crippen LogP) is 4.13. The number of aromatic nitrogens is 4. The van der Waals surface area contributed by atoms with Crippen molar-refractivity contribution in [2.45, 2.75) is 37.9 Å². The van der Waals surface area contributed by atoms with Crippen LogP contribution in [0.5, 0.6) is 0 Å². The molecule has 1 aliphatic rings. The zero-order valence-electron chi connectivity index (χ0n) is 19.1. The van der Waals surface area contributed by atoms with Gasteiger partial charge in [0.25, 0.3) is 0 Å². The number of nitrogens with two attached hydrogens (primary N) is 1. The van der Waals surface area contributed by atoms with Crippen LogP contribution in [0.3, 0.4) is 0 Å². The fourth-order valence-electron chi connectivity index (χ4n) is 3.94. The summed E-state index contributed by atoms with van der Waals surface area (Å²) >= 11 is 2.85. The number of amides is 1. The largest absolute Gasteiger partial charge is 0.397 e. The molecule has 0 saturated carbocycles. The summed E-state index contributed by atoms with van der Waals surface area (Å²) in [4.78, 5) is 18.6. The first-order chi connectivity index (χ1) is 16.5. The second-order valence-electron chi connectivity index (χ2n) is 8.34. The van der Waals surface area contributed by atoms with Crippen LogP contribution in [-0.4, -0.2) is 50.7 Å². The van der Waals surface area contributed by atoms with Gasteiger partial charge in [0.05, 0.1) is 28.1 Å². The molecular weight excluding hydrogens is 468 g/mol. The highest BCUT2D eigenvalue weighted by molar-refractivity contribution is 7.99. The maximum Gasteiger partial charge on any atom is 0.230 e. The van der Waals surface area contributed by atoms with Crippen LogP contribution in [0.1, 0.15) is 24.0 Å². The molecule has 1 fully saturated rings. The second kappa shape index (κ2) is 9.73. The van der Waals surface area contributed by atoms with Crippen molar-refractivity contribution in [3.63, 3.8) is 0 Å². The molecule has 5 rings (SSSR count). The number of hydrogen-bond acceptors (Lipinski definition) is 8. The number of ether oxygens (including phenoxy) is 1. The van der Waals surface area contributed by atoms with E-state index in [2.05, 4.69) is 46.5 Å². The zero-order valence-corrected chi connectivity index (χ0v) is 20.7. The molecule has 34 heavy (non-hydrogen) atoms. The van der Waals surface area contributed by atoms with Crippen molar-refractivity contribution in [1.82, 2.24) is 25.1 Å². The van der Waals surface area contributed by atoms with Crippen molar-refractivity contribution in [3.05, 3.63) is 47.7 Å². The lowest BCUT2D eigenvalue weighted by atomic mass is 10.1. The number of carbonyl (C=O) groups excluding carboxylic acids is 1. The quantitative estimate of drug-likeness (QED) is 0.372. The molecule has 0 bridgehead atoms. The molecule has 1 aliphatic heterocycles. The Labute approximate surface area is 205 Å². The summed E-state index contributed by atoms with van der Waals surface area (Å²) in [6.45, 7) is 5.47. The average molecular weight is 495 g/mol. The fraction of sp³-hybridized carbons (Fsp3) is 0.333. The first-order valence-electron chi connectivity index (χ1n) is 11.2. The number of fused-ring (bicyclic) bond motifs is 1. The van der Waals surface area contributed by atoms with Gasteiger partial charge in [0.1, 0.15) is 4.83 Å². The van der Waals surface area contributed by atoms with Crippen LogP contribution in [0, 0.1) is 13.8 Å². The molecule has 3 aromatic heterocycles. The summed E-state index contributed by atoms with van der Waals surface area (Å²) in [5.74, 6) is 0.826. The molecular formula is C24H26N6O2S2. The van der Waals surface area contributed by atoms with Gasteiger partial charge in [-0.2, -0.15) is 0 Å². The SMILES string of the molecule is Cc1ccc(-n2c(SCC(=O)NC[C@@H]3CCCO3)nnc2-c2sc3ncccc3c2N)cc1C. The van der Waals surface area contributed by atoms with E-state index in [0.717, 1.165) is 45.8 Å². The third-order valence-corrected chi connectivity index (χ3v) is 8.03. The lowest BCUT2D eigenvalue weighted by Gasteiger charge is -2.13. The number of rotatable bonds is 7. The minimum absolute atomic E-state index is 0.0535. The maximum absolute atomic E-state index is 12.5. The first-order valence-corrected chi connectivity index (χ1v) is 13.0. The van der Waals surface area contributed by atoms with Crippen LogP contribution in [0.25, 0.3) is 26.6 Å². The molecule has 4 aromatic rings. The lowest BCUT2D eigenvalue weighted by Crippen LogP contribution is -2.32. The molecule has 0 spiro atoms. The lowest BCUT2D eigenvalue weighted by molar-refractivity contribution is -0.119. The molecule has 0 radical (unpaired) electrons. The fourth-order valence-corrected chi connectivity index (χ4v) is 5.76. The van der Waals surface area contributed by atoms with Crippen molar-refractivity contribution >= 4 is 44.9 Å². The molecule has 4 heterocycles. The summed E-state index contributed by atoms with van der Waals surface area (Å²) in [5.41, 5.74) is 10.4. The third kappa shape index (κ3) is 4.53. The molecule has 1 atom stereocenters. The normalized spacial score (nSPS) is 15.8. The van der Waals surface area contributed by atoms with E-state index in [1.54, 1.807) is 6.20 Å². The van der Waals surface area contributed by atoms with E-state index in [4.69, 9.17) is 10.5 Å². The number of pyridine rings is 1. The van der Waals surface area contributed by atoms with Gasteiger partial charge in [-0.25, -0.2) is 4.98 Å². The van der Waals surface area contributed by atoms with Gasteiger partial charge in [0.15, 0.2) is 11.0 Å². The minimum atomic E-state index is -0.0535. The molecule has 0 aliphatic carbocycles. The monoisotopic (exact) mass is 494 g/mol. The summed E-state index contributed by atoms with van der Waals surface area (Å²) < 4.78 is 7.57. The van der Waals surface area contributed by atoms with Crippen LogP contribution in [0.4, 0.5) is 5.69 Å². The van der Waals surface area contributed by atoms with Crippen molar-refractivity contribution in [1.29, 1.82) is 0 Å². The number of benzene rings is 1. The Kier molecular flexibility index (Phi) is 6.53. The van der Waals surface area contributed by atoms with Crippen LogP contribution >= 0.6 is 23.1 Å². The Morgan fingerprint density at radius 1 is 1.29 bits per heavy atom. The number of aryl methyl sites for hydroxylation is 2. The molecule has 176 valence electrons. The first kappa shape index (κ1) is 22.8. The second-order valence-corrected chi connectivity index (χ2v) is 10.3. The Bertz CT molecular complexity index is 1340. The Morgan fingerprint density at radius 2 is 2.18 bits per heavy atom. The van der Waals surface area contributed by atoms with E-state index in [1.807, 2.05) is 22.8 Å². The number of carbonyl (C=O) groups is 1. The molecule has 8 nitrogen and oxygen atoms in total. The van der Waals surface area contributed by atoms with E-state index in [9.17, 15) is 4.79 Å². The van der Waals surface area contributed by atoms with Gasteiger partial charge in [-0.15, -0.1) is 21.5 Å². The van der Waals surface area contributed by atoms with Gasteiger partial charge in [-0.3, -0.25) is 9.36 Å². The summed E-state index contributed by atoms with van der Waals surface area (Å²) in [5, 5.41) is 13.4. The average Bonchev–Trinajstić information content (AvgIpc) is 3.57. The predicted molar refractivity (Wildman–Crippen MR) is 137 cm³/mol. The summed E-state index contributed by atoms with van der Waals surface area (Å²) in [6.07, 6.45) is 3.91. The minimum Gasteiger partial charge on any atom is -0.397 e. The summed E-state index contributed by atoms with van der Waals surface area (Å²) in [7, 11) is 0. The van der Waals surface area contributed by atoms with E-state index < -0.39 is 0 Å². The van der Waals surface area contributed by atoms with Crippen LogP contribution in [0.15, 0.2) is 41.7 Å². The van der Waals surface area contributed by atoms with E-state index >= 15 is 0 Å². The van der Waals surface area contributed by atoms with E-state index in [0.29, 0.717) is 23.2 Å². The molecule has 0 unspecified atom stereocenters. The number of thioether (sulfide) groups is 1. The smallest absolute Gasteiger partial charge is 0.230 e. The zero-order chi connectivity index (χ0) is 23.7. The Hall–Kier alpha value is -2.95. The standard InChI is InChI=1S/C24H26N6O2S2/c1-14-7-8-16(11-15(14)2)30-22(21-20(25)18-6-3-9-26-23(18)34-21)28-29-24(30)33-13-19(31)27-12-17-5-4-10-32-17/h3,6-9,11,17H,4-5,10,12-13,25H2,1-2H3,(H,27,31)/t17-/m0/s1. The van der Waals surface area contributed by atoms with E-state index in [1.165, 1.54) is 28.7 Å². The summed E-state index contributed by atoms with van der Waals surface area (Å²) in [6, 6.07) is 10.1. The van der Waals surface area contributed by atoms with Gasteiger partial charge in [-0.05, 0) is 62.1 Å². The molecule has 1 aromatic carbocycles. The van der Waals surface area contributed by atoms with Gasteiger partial charge in [-0.1, -0.05) is 17.8 Å². The Morgan fingerprint density at radius 3 is 2.94 bits per heavy atom. The number of anilines is 1. The van der Waals surface area contributed by atoms with Gasteiger partial charge < -0.3 is 15.8 Å². The molecule has 1 amide bonds. The number of nitrogens with zero attached hydrogens (tertiary/aromatic N) is 4. The number of hydrogen-bond donors (Lipinski definition) is 2. The topological polar surface area (TPSA) is 108 Å². The van der Waals surface area contributed by atoms with Gasteiger partial charge in [0.2, 0.25) is 5.91 Å². The third-order valence-electron chi connectivity index (χ3n) is 5.97. The Balaban J connectivity index is 1.46. The van der Waals surface area contributed by atoms with Crippen molar-refractivity contribution in [2.24, 2.45) is 0 Å². The highest BCUT2D eigenvalue weighted by Crippen LogP contribution is 2.40. The highest BCUT2D eigenvalue weighted by atomic mass is 32.2.